The third kappa shape index (κ3) is 3.45. The van der Waals surface area contributed by atoms with Gasteiger partial charge in [-0.1, -0.05) is 0 Å². The summed E-state index contributed by atoms with van der Waals surface area (Å²) in [4.78, 5) is 23.3. The van der Waals surface area contributed by atoms with E-state index in [1.54, 1.807) is 0 Å². The van der Waals surface area contributed by atoms with Crippen molar-refractivity contribution in [3.05, 3.63) is 52.3 Å². The summed E-state index contributed by atoms with van der Waals surface area (Å²) < 4.78 is 77.5. The van der Waals surface area contributed by atoms with Gasteiger partial charge in [0.1, 0.15) is 10.7 Å². The first-order valence-electron chi connectivity index (χ1n) is 6.64. The van der Waals surface area contributed by atoms with Crippen molar-refractivity contribution in [2.75, 3.05) is 5.73 Å². The van der Waals surface area contributed by atoms with Crippen LogP contribution in [0.3, 0.4) is 0 Å². The summed E-state index contributed by atoms with van der Waals surface area (Å²) in [5, 5.41) is 0. The number of hydrogen-bond acceptors (Lipinski definition) is 7. The van der Waals surface area contributed by atoms with Crippen LogP contribution >= 0.6 is 0 Å². The fourth-order valence-electron chi connectivity index (χ4n) is 2.65. The number of benzene rings is 2. The smallest absolute Gasteiger partial charge is 0.397 e. The molecule has 0 bridgehead atoms. The summed E-state index contributed by atoms with van der Waals surface area (Å²) in [6.07, 6.45) is 0. The van der Waals surface area contributed by atoms with Crippen LogP contribution in [0.2, 0.25) is 0 Å². The second kappa shape index (κ2) is 6.74. The predicted molar refractivity (Wildman–Crippen MR) is 83.7 cm³/mol. The summed E-state index contributed by atoms with van der Waals surface area (Å²) in [7, 11) is -9.67. The number of hydrogen-bond donors (Lipinski definition) is 3. The molecule has 2 aromatic carbocycles. The Morgan fingerprint density at radius 3 is 1.93 bits per heavy atom. The Kier molecular flexibility index (Phi) is 5.40. The molecular formula is C14H8FNNaO8S2+. The molecule has 136 valence electrons. The zero-order valence-electron chi connectivity index (χ0n) is 13.4. The van der Waals surface area contributed by atoms with Gasteiger partial charge in [0.25, 0.3) is 20.2 Å². The molecule has 0 fully saturated rings. The summed E-state index contributed by atoms with van der Waals surface area (Å²) in [6, 6.07) is 2.72. The number of carbonyl (C=O) groups excluding carboxylic acids is 2. The molecule has 0 heterocycles. The second-order valence-electron chi connectivity index (χ2n) is 5.34. The van der Waals surface area contributed by atoms with Crippen molar-refractivity contribution in [1.29, 1.82) is 0 Å². The molecule has 3 rings (SSSR count). The molecule has 9 nitrogen and oxygen atoms in total. The molecule has 1 aliphatic carbocycles. The van der Waals surface area contributed by atoms with Crippen LogP contribution in [0.4, 0.5) is 10.1 Å². The Morgan fingerprint density at radius 1 is 0.852 bits per heavy atom. The molecule has 0 saturated heterocycles. The minimum atomic E-state index is -4.97. The molecule has 0 spiro atoms. The monoisotopic (exact) mass is 424 g/mol. The quantitative estimate of drug-likeness (QED) is 0.232. The summed E-state index contributed by atoms with van der Waals surface area (Å²) >= 11 is 0. The zero-order chi connectivity index (χ0) is 19.6. The van der Waals surface area contributed by atoms with E-state index >= 15 is 0 Å². The largest absolute Gasteiger partial charge is 1.00 e. The molecule has 13 heteroatoms. The average molecular weight is 424 g/mol. The fraction of sp³-hybridized carbons (Fsp3) is 0. The minimum absolute atomic E-state index is 0. The van der Waals surface area contributed by atoms with Gasteiger partial charge in [-0.2, -0.15) is 16.8 Å². The summed E-state index contributed by atoms with van der Waals surface area (Å²) in [6.45, 7) is 0. The maximum absolute atomic E-state index is 14.3. The van der Waals surface area contributed by atoms with Crippen molar-refractivity contribution in [2.24, 2.45) is 0 Å². The van der Waals surface area contributed by atoms with Crippen molar-refractivity contribution < 1.29 is 69.5 Å². The van der Waals surface area contributed by atoms with E-state index in [-0.39, 0.29) is 41.2 Å². The van der Waals surface area contributed by atoms with Crippen LogP contribution in [0.25, 0.3) is 0 Å². The summed E-state index contributed by atoms with van der Waals surface area (Å²) in [5.41, 5.74) is 2.25. The zero-order valence-corrected chi connectivity index (χ0v) is 17.1. The van der Waals surface area contributed by atoms with Crippen LogP contribution in [0.5, 0.6) is 0 Å². The molecule has 0 amide bonds. The van der Waals surface area contributed by atoms with E-state index in [4.69, 9.17) is 14.8 Å². The number of fused-ring (bicyclic) bond motifs is 2. The first kappa shape index (κ1) is 21.6. The van der Waals surface area contributed by atoms with Crippen LogP contribution in [0.15, 0.2) is 34.1 Å². The normalized spacial score (nSPS) is 13.6. The Hall–Kier alpha value is -1.67. The van der Waals surface area contributed by atoms with Gasteiger partial charge in [-0.25, -0.2) is 4.39 Å². The Balaban J connectivity index is 0.00000261. The van der Waals surface area contributed by atoms with Gasteiger partial charge in [-0.15, -0.1) is 0 Å². The molecule has 0 unspecified atom stereocenters. The number of halogens is 1. The van der Waals surface area contributed by atoms with E-state index in [0.29, 0.717) is 6.07 Å². The van der Waals surface area contributed by atoms with Gasteiger partial charge in [0, 0.05) is 11.1 Å². The maximum atomic E-state index is 14.3. The number of nitrogen functional groups attached to an aromatic ring is 1. The fourth-order valence-corrected chi connectivity index (χ4v) is 3.79. The molecule has 2 aromatic rings. The van der Waals surface area contributed by atoms with Gasteiger partial charge in [-0.05, 0) is 24.3 Å². The number of ketones is 2. The SMILES string of the molecule is Nc1c(S(=O)(=O)O)cc(F)c2c1C(=O)c1ccc(S(=O)(=O)O)cc1C2=O.[Na+]. The van der Waals surface area contributed by atoms with Crippen LogP contribution in [-0.4, -0.2) is 37.5 Å². The first-order chi connectivity index (χ1) is 11.8. The van der Waals surface area contributed by atoms with Gasteiger partial charge >= 0.3 is 29.6 Å². The molecule has 27 heavy (non-hydrogen) atoms. The van der Waals surface area contributed by atoms with Crippen molar-refractivity contribution in [2.45, 2.75) is 9.79 Å². The van der Waals surface area contributed by atoms with Crippen LogP contribution in [0.1, 0.15) is 31.8 Å². The van der Waals surface area contributed by atoms with Crippen LogP contribution in [0, 0.1) is 5.82 Å². The number of carbonyl (C=O) groups is 2. The van der Waals surface area contributed by atoms with E-state index in [2.05, 4.69) is 0 Å². The van der Waals surface area contributed by atoms with Gasteiger partial charge in [0.15, 0.2) is 11.6 Å². The molecule has 1 aliphatic rings. The Labute approximate surface area is 174 Å². The van der Waals surface area contributed by atoms with Crippen molar-refractivity contribution in [1.82, 2.24) is 0 Å². The summed E-state index contributed by atoms with van der Waals surface area (Å²) in [5.74, 6) is -3.62. The first-order valence-corrected chi connectivity index (χ1v) is 9.52. The molecule has 0 atom stereocenters. The predicted octanol–water partition coefficient (Wildman–Crippen LogP) is -2.32. The van der Waals surface area contributed by atoms with Gasteiger partial charge in [-0.3, -0.25) is 18.7 Å². The standard InChI is InChI=1S/C14H8FNO8S2.Na/c15-8-4-9(26(22,23)24)12(16)11-10(8)14(18)7-3-5(25(19,20)21)1-2-6(7)13(11)17;/h1-4H,16H2,(H,19,20,21)(H,22,23,24);/q;+1. The van der Waals surface area contributed by atoms with Crippen molar-refractivity contribution in [3.63, 3.8) is 0 Å². The number of anilines is 1. The van der Waals surface area contributed by atoms with E-state index in [1.807, 2.05) is 0 Å². The number of nitrogens with two attached hydrogens (primary N) is 1. The number of rotatable bonds is 2. The third-order valence-electron chi connectivity index (χ3n) is 3.79. The van der Waals surface area contributed by atoms with E-state index in [9.17, 15) is 30.8 Å². The second-order valence-corrected chi connectivity index (χ2v) is 8.15. The van der Waals surface area contributed by atoms with Gasteiger partial charge in [0.05, 0.1) is 21.7 Å². The van der Waals surface area contributed by atoms with Gasteiger partial charge in [0.2, 0.25) is 0 Å². The Bertz CT molecular complexity index is 1240. The minimum Gasteiger partial charge on any atom is -0.397 e. The molecule has 0 saturated carbocycles. The molecule has 4 N–H and O–H groups in total. The maximum Gasteiger partial charge on any atom is 1.00 e. The molecule has 0 aliphatic heterocycles. The average Bonchev–Trinajstić information content (AvgIpc) is 2.51. The van der Waals surface area contributed by atoms with Crippen molar-refractivity contribution >= 4 is 37.5 Å². The van der Waals surface area contributed by atoms with E-state index in [1.165, 1.54) is 0 Å². The third-order valence-corrected chi connectivity index (χ3v) is 5.53. The van der Waals surface area contributed by atoms with Crippen molar-refractivity contribution in [3.8, 4) is 0 Å². The van der Waals surface area contributed by atoms with Crippen LogP contribution < -0.4 is 35.3 Å². The molecular weight excluding hydrogens is 416 g/mol. The van der Waals surface area contributed by atoms with Gasteiger partial charge < -0.3 is 5.73 Å². The Morgan fingerprint density at radius 2 is 1.41 bits per heavy atom. The van der Waals surface area contributed by atoms with E-state index < -0.39 is 69.8 Å². The van der Waals surface area contributed by atoms with E-state index in [0.717, 1.165) is 12.1 Å². The van der Waals surface area contributed by atoms with Crippen LogP contribution in [-0.2, 0) is 20.2 Å². The molecule has 0 aromatic heterocycles. The topological polar surface area (TPSA) is 169 Å². The molecule has 0 radical (unpaired) electrons.